The van der Waals surface area contributed by atoms with E-state index in [1.807, 2.05) is 0 Å². The minimum atomic E-state index is -0.0668. The lowest BCUT2D eigenvalue weighted by molar-refractivity contribution is 0.00461. The lowest BCUT2D eigenvalue weighted by Crippen LogP contribution is -2.35. The van der Waals surface area contributed by atoms with Crippen molar-refractivity contribution < 1.29 is 10.2 Å². The summed E-state index contributed by atoms with van der Waals surface area (Å²) >= 11 is 0. The number of aliphatic hydroxyl groups is 2. The average Bonchev–Trinajstić information content (AvgIpc) is 2.26. The molecule has 2 N–H and O–H groups in total. The fraction of sp³-hybridized carbons (Fsp3) is 1.00. The molecular formula is C14H26O2. The van der Waals surface area contributed by atoms with Crippen molar-refractivity contribution in [1.82, 2.24) is 0 Å². The summed E-state index contributed by atoms with van der Waals surface area (Å²) in [5.41, 5.74) is 0. The van der Waals surface area contributed by atoms with E-state index in [4.69, 9.17) is 0 Å². The Balaban J connectivity index is 1.88. The molecule has 0 bridgehead atoms. The predicted molar refractivity (Wildman–Crippen MR) is 65.0 cm³/mol. The van der Waals surface area contributed by atoms with Crippen LogP contribution in [0.5, 0.6) is 0 Å². The second-order valence-electron chi connectivity index (χ2n) is 6.24. The highest BCUT2D eigenvalue weighted by atomic mass is 16.3. The Labute approximate surface area is 99.1 Å². The minimum Gasteiger partial charge on any atom is -0.393 e. The quantitative estimate of drug-likeness (QED) is 0.721. The van der Waals surface area contributed by atoms with Crippen LogP contribution < -0.4 is 0 Å². The molecule has 2 heteroatoms. The SMILES string of the molecule is CC1CC(C2CCC(O)C(C)C2)CCC1O. The van der Waals surface area contributed by atoms with Gasteiger partial charge in [-0.1, -0.05) is 13.8 Å². The van der Waals surface area contributed by atoms with Gasteiger partial charge in [-0.05, 0) is 62.2 Å². The Morgan fingerprint density at radius 1 is 0.688 bits per heavy atom. The molecule has 6 atom stereocenters. The molecule has 2 aliphatic rings. The van der Waals surface area contributed by atoms with Crippen LogP contribution in [0.25, 0.3) is 0 Å². The molecule has 2 fully saturated rings. The van der Waals surface area contributed by atoms with E-state index in [9.17, 15) is 10.2 Å². The van der Waals surface area contributed by atoms with Crippen LogP contribution in [-0.4, -0.2) is 22.4 Å². The number of hydrogen-bond donors (Lipinski definition) is 2. The summed E-state index contributed by atoms with van der Waals surface area (Å²) in [4.78, 5) is 0. The molecule has 0 aromatic heterocycles. The molecule has 0 saturated heterocycles. The van der Waals surface area contributed by atoms with Crippen LogP contribution in [0.3, 0.4) is 0 Å². The highest BCUT2D eigenvalue weighted by molar-refractivity contribution is 4.86. The van der Waals surface area contributed by atoms with Gasteiger partial charge in [-0.25, -0.2) is 0 Å². The largest absolute Gasteiger partial charge is 0.393 e. The maximum absolute atomic E-state index is 9.75. The van der Waals surface area contributed by atoms with E-state index in [-0.39, 0.29) is 12.2 Å². The normalized spacial score (nSPS) is 50.2. The van der Waals surface area contributed by atoms with Gasteiger partial charge < -0.3 is 10.2 Å². The number of rotatable bonds is 1. The van der Waals surface area contributed by atoms with E-state index >= 15 is 0 Å². The van der Waals surface area contributed by atoms with Crippen LogP contribution in [0.1, 0.15) is 52.4 Å². The Bertz CT molecular complexity index is 205. The zero-order valence-corrected chi connectivity index (χ0v) is 10.6. The average molecular weight is 226 g/mol. The number of hydrogen-bond acceptors (Lipinski definition) is 2. The smallest absolute Gasteiger partial charge is 0.0566 e. The maximum atomic E-state index is 9.75. The van der Waals surface area contributed by atoms with E-state index in [1.54, 1.807) is 0 Å². The summed E-state index contributed by atoms with van der Waals surface area (Å²) in [5, 5.41) is 19.5. The first kappa shape index (κ1) is 12.4. The van der Waals surface area contributed by atoms with Crippen LogP contribution in [0.15, 0.2) is 0 Å². The Hall–Kier alpha value is -0.0800. The van der Waals surface area contributed by atoms with Gasteiger partial charge in [0.15, 0.2) is 0 Å². The molecule has 0 aliphatic heterocycles. The molecular weight excluding hydrogens is 200 g/mol. The third-order valence-corrected chi connectivity index (χ3v) is 5.00. The van der Waals surface area contributed by atoms with Crippen LogP contribution in [-0.2, 0) is 0 Å². The minimum absolute atomic E-state index is 0.0668. The van der Waals surface area contributed by atoms with Crippen LogP contribution in [0.4, 0.5) is 0 Å². The van der Waals surface area contributed by atoms with Crippen molar-refractivity contribution in [2.75, 3.05) is 0 Å². The highest BCUT2D eigenvalue weighted by Gasteiger charge is 2.35. The fourth-order valence-corrected chi connectivity index (χ4v) is 3.70. The Morgan fingerprint density at radius 2 is 1.06 bits per heavy atom. The van der Waals surface area contributed by atoms with Crippen molar-refractivity contribution in [3.05, 3.63) is 0 Å². The Kier molecular flexibility index (Phi) is 3.91. The van der Waals surface area contributed by atoms with Crippen molar-refractivity contribution in [3.8, 4) is 0 Å². The van der Waals surface area contributed by atoms with Crippen molar-refractivity contribution in [2.24, 2.45) is 23.7 Å². The molecule has 0 aromatic rings. The molecule has 0 heterocycles. The molecule has 0 amide bonds. The second-order valence-corrected chi connectivity index (χ2v) is 6.24. The lowest BCUT2D eigenvalue weighted by Gasteiger charge is -2.40. The molecule has 0 aromatic carbocycles. The van der Waals surface area contributed by atoms with Gasteiger partial charge >= 0.3 is 0 Å². The monoisotopic (exact) mass is 226 g/mol. The number of aliphatic hydroxyl groups excluding tert-OH is 2. The molecule has 0 radical (unpaired) electrons. The van der Waals surface area contributed by atoms with Crippen LogP contribution in [0.2, 0.25) is 0 Å². The Morgan fingerprint density at radius 3 is 1.38 bits per heavy atom. The van der Waals surface area contributed by atoms with Crippen molar-refractivity contribution in [3.63, 3.8) is 0 Å². The van der Waals surface area contributed by atoms with E-state index in [2.05, 4.69) is 13.8 Å². The summed E-state index contributed by atoms with van der Waals surface area (Å²) in [7, 11) is 0. The van der Waals surface area contributed by atoms with Gasteiger partial charge in [0.25, 0.3) is 0 Å². The highest BCUT2D eigenvalue weighted by Crippen LogP contribution is 2.41. The first-order valence-electron chi connectivity index (χ1n) is 6.94. The summed E-state index contributed by atoms with van der Waals surface area (Å²) in [5.74, 6) is 2.54. The van der Waals surface area contributed by atoms with E-state index in [0.717, 1.165) is 24.7 Å². The van der Waals surface area contributed by atoms with E-state index in [1.165, 1.54) is 25.7 Å². The first-order valence-corrected chi connectivity index (χ1v) is 6.94. The third kappa shape index (κ3) is 2.60. The zero-order chi connectivity index (χ0) is 11.7. The second kappa shape index (κ2) is 5.05. The van der Waals surface area contributed by atoms with Crippen molar-refractivity contribution in [1.29, 1.82) is 0 Å². The first-order chi connectivity index (χ1) is 7.58. The maximum Gasteiger partial charge on any atom is 0.0566 e. The summed E-state index contributed by atoms with van der Waals surface area (Å²) < 4.78 is 0. The molecule has 2 aliphatic carbocycles. The lowest BCUT2D eigenvalue weighted by atomic mass is 9.67. The summed E-state index contributed by atoms with van der Waals surface area (Å²) in [6.07, 6.45) is 6.60. The van der Waals surface area contributed by atoms with Crippen LogP contribution >= 0.6 is 0 Å². The molecule has 6 unspecified atom stereocenters. The molecule has 16 heavy (non-hydrogen) atoms. The summed E-state index contributed by atoms with van der Waals surface area (Å²) in [6, 6.07) is 0. The third-order valence-electron chi connectivity index (χ3n) is 5.00. The van der Waals surface area contributed by atoms with Gasteiger partial charge in [0.05, 0.1) is 12.2 Å². The standard InChI is InChI=1S/C14H26O2/c1-9-7-11(3-5-13(9)15)12-4-6-14(16)10(2)8-12/h9-16H,3-8H2,1-2H3. The van der Waals surface area contributed by atoms with Crippen LogP contribution in [0, 0.1) is 23.7 Å². The van der Waals surface area contributed by atoms with Gasteiger partial charge in [-0.2, -0.15) is 0 Å². The van der Waals surface area contributed by atoms with Gasteiger partial charge in [0, 0.05) is 0 Å². The van der Waals surface area contributed by atoms with Gasteiger partial charge in [-0.3, -0.25) is 0 Å². The fourth-order valence-electron chi connectivity index (χ4n) is 3.70. The van der Waals surface area contributed by atoms with E-state index in [0.29, 0.717) is 11.8 Å². The molecule has 0 spiro atoms. The molecule has 2 rings (SSSR count). The van der Waals surface area contributed by atoms with Gasteiger partial charge in [0.2, 0.25) is 0 Å². The van der Waals surface area contributed by atoms with Crippen molar-refractivity contribution in [2.45, 2.75) is 64.6 Å². The molecule has 94 valence electrons. The topological polar surface area (TPSA) is 40.5 Å². The molecule has 2 nitrogen and oxygen atoms in total. The molecule has 2 saturated carbocycles. The summed E-state index contributed by atoms with van der Waals surface area (Å²) in [6.45, 7) is 4.36. The van der Waals surface area contributed by atoms with Crippen molar-refractivity contribution >= 4 is 0 Å². The van der Waals surface area contributed by atoms with Gasteiger partial charge in [0.1, 0.15) is 0 Å². The zero-order valence-electron chi connectivity index (χ0n) is 10.6. The predicted octanol–water partition coefficient (Wildman–Crippen LogP) is 2.58. The van der Waals surface area contributed by atoms with E-state index < -0.39 is 0 Å². The van der Waals surface area contributed by atoms with Gasteiger partial charge in [-0.15, -0.1) is 0 Å².